The van der Waals surface area contributed by atoms with Crippen LogP contribution < -0.4 is 4.74 Å². The van der Waals surface area contributed by atoms with E-state index < -0.39 is 5.60 Å². The first-order valence-electron chi connectivity index (χ1n) is 8.72. The Morgan fingerprint density at radius 2 is 1.67 bits per heavy atom. The molecular formula is C23H28O4. The number of hydrogen-bond acceptors (Lipinski definition) is 4. The van der Waals surface area contributed by atoms with E-state index in [9.17, 15) is 4.79 Å². The SMILES string of the molecule is C=Cc1ccc(OCCC(=O)OC(C)(C)C)cc1.C=Cc1ccccc1O. The molecule has 2 rings (SSSR count). The van der Waals surface area contributed by atoms with Crippen molar-refractivity contribution in [3.05, 3.63) is 72.8 Å². The average molecular weight is 368 g/mol. The zero-order valence-corrected chi connectivity index (χ0v) is 16.3. The van der Waals surface area contributed by atoms with Crippen LogP contribution in [0.25, 0.3) is 12.2 Å². The van der Waals surface area contributed by atoms with E-state index in [1.807, 2.05) is 57.2 Å². The molecule has 0 aliphatic carbocycles. The quantitative estimate of drug-likeness (QED) is 0.686. The predicted octanol–water partition coefficient (Wildman–Crippen LogP) is 5.48. The van der Waals surface area contributed by atoms with Crippen LogP contribution in [0.4, 0.5) is 0 Å². The summed E-state index contributed by atoms with van der Waals surface area (Å²) in [6, 6.07) is 14.6. The third-order valence-electron chi connectivity index (χ3n) is 3.27. The Labute approximate surface area is 161 Å². The van der Waals surface area contributed by atoms with Gasteiger partial charge in [-0.05, 0) is 44.5 Å². The topological polar surface area (TPSA) is 55.8 Å². The van der Waals surface area contributed by atoms with Crippen LogP contribution in [0.5, 0.6) is 11.5 Å². The number of hydrogen-bond donors (Lipinski definition) is 1. The molecule has 2 aromatic carbocycles. The van der Waals surface area contributed by atoms with Gasteiger partial charge in [0.1, 0.15) is 17.1 Å². The third kappa shape index (κ3) is 9.31. The largest absolute Gasteiger partial charge is 0.507 e. The van der Waals surface area contributed by atoms with E-state index in [4.69, 9.17) is 14.6 Å². The van der Waals surface area contributed by atoms with E-state index in [0.717, 1.165) is 16.9 Å². The Morgan fingerprint density at radius 1 is 1.04 bits per heavy atom. The summed E-state index contributed by atoms with van der Waals surface area (Å²) in [4.78, 5) is 11.4. The molecule has 0 saturated heterocycles. The molecule has 4 nitrogen and oxygen atoms in total. The van der Waals surface area contributed by atoms with Crippen LogP contribution >= 0.6 is 0 Å². The van der Waals surface area contributed by atoms with Crippen molar-refractivity contribution in [3.8, 4) is 11.5 Å². The molecule has 0 amide bonds. The minimum atomic E-state index is -0.442. The number of ether oxygens (including phenoxy) is 2. The molecule has 0 aliphatic heterocycles. The summed E-state index contributed by atoms with van der Waals surface area (Å²) in [6.07, 6.45) is 3.64. The van der Waals surface area contributed by atoms with E-state index in [1.54, 1.807) is 24.3 Å². The minimum absolute atomic E-state index is 0.245. The van der Waals surface area contributed by atoms with Gasteiger partial charge in [-0.1, -0.05) is 55.6 Å². The zero-order valence-electron chi connectivity index (χ0n) is 16.3. The molecule has 0 radical (unpaired) electrons. The third-order valence-corrected chi connectivity index (χ3v) is 3.27. The summed E-state index contributed by atoms with van der Waals surface area (Å²) in [7, 11) is 0. The highest BCUT2D eigenvalue weighted by molar-refractivity contribution is 5.70. The van der Waals surface area contributed by atoms with Crippen molar-refractivity contribution in [1.82, 2.24) is 0 Å². The van der Waals surface area contributed by atoms with E-state index in [2.05, 4.69) is 13.2 Å². The lowest BCUT2D eigenvalue weighted by Crippen LogP contribution is -2.24. The van der Waals surface area contributed by atoms with Crippen molar-refractivity contribution in [3.63, 3.8) is 0 Å². The number of phenols is 1. The number of carbonyl (C=O) groups is 1. The second-order valence-corrected chi connectivity index (χ2v) is 6.72. The van der Waals surface area contributed by atoms with Gasteiger partial charge in [-0.3, -0.25) is 4.79 Å². The summed E-state index contributed by atoms with van der Waals surface area (Å²) in [6.45, 7) is 13.1. The van der Waals surface area contributed by atoms with Crippen molar-refractivity contribution in [1.29, 1.82) is 0 Å². The van der Waals surface area contributed by atoms with Crippen molar-refractivity contribution in [2.45, 2.75) is 32.8 Å². The Balaban J connectivity index is 0.000000337. The van der Waals surface area contributed by atoms with Crippen molar-refractivity contribution in [2.24, 2.45) is 0 Å². The van der Waals surface area contributed by atoms with Gasteiger partial charge in [-0.2, -0.15) is 0 Å². The molecule has 0 fully saturated rings. The number of aromatic hydroxyl groups is 1. The monoisotopic (exact) mass is 368 g/mol. The summed E-state index contributed by atoms with van der Waals surface area (Å²) in [5, 5.41) is 9.04. The van der Waals surface area contributed by atoms with Crippen LogP contribution in [0.1, 0.15) is 38.3 Å². The number of esters is 1. The van der Waals surface area contributed by atoms with Gasteiger partial charge in [-0.15, -0.1) is 0 Å². The normalized spacial score (nSPS) is 10.2. The molecule has 0 unspecified atom stereocenters. The van der Waals surface area contributed by atoms with E-state index in [-0.39, 0.29) is 18.1 Å². The van der Waals surface area contributed by atoms with E-state index in [1.165, 1.54) is 0 Å². The number of carbonyl (C=O) groups excluding carboxylic acids is 1. The van der Waals surface area contributed by atoms with Crippen LogP contribution in [0, 0.1) is 0 Å². The summed E-state index contributed by atoms with van der Waals surface area (Å²) in [5.74, 6) is 0.780. The molecule has 27 heavy (non-hydrogen) atoms. The van der Waals surface area contributed by atoms with Gasteiger partial charge in [0.05, 0.1) is 13.0 Å². The molecule has 144 valence electrons. The van der Waals surface area contributed by atoms with Crippen LogP contribution in [-0.4, -0.2) is 23.3 Å². The van der Waals surface area contributed by atoms with E-state index >= 15 is 0 Å². The molecule has 0 aromatic heterocycles. The molecule has 0 atom stereocenters. The maximum atomic E-state index is 11.4. The highest BCUT2D eigenvalue weighted by Crippen LogP contribution is 2.15. The van der Waals surface area contributed by atoms with Gasteiger partial charge in [0.2, 0.25) is 0 Å². The fourth-order valence-corrected chi connectivity index (χ4v) is 2.01. The minimum Gasteiger partial charge on any atom is -0.507 e. The standard InChI is InChI=1S/C15H20O3.C8H8O/c1-5-12-6-8-13(9-7-12)17-11-10-14(16)18-15(2,3)4;1-2-7-5-3-4-6-8(7)9/h5-9H,1,10-11H2,2-4H3;2-6,9H,1H2. The van der Waals surface area contributed by atoms with Gasteiger partial charge >= 0.3 is 5.97 Å². The van der Waals surface area contributed by atoms with Crippen LogP contribution in [0.15, 0.2) is 61.7 Å². The maximum Gasteiger partial charge on any atom is 0.309 e. The number of para-hydroxylation sites is 1. The first kappa shape index (κ1) is 22.0. The van der Waals surface area contributed by atoms with Gasteiger partial charge in [0, 0.05) is 5.56 Å². The number of rotatable bonds is 6. The molecule has 0 bridgehead atoms. The summed E-state index contributed by atoms with van der Waals surface area (Å²) < 4.78 is 10.6. The molecular weight excluding hydrogens is 340 g/mol. The van der Waals surface area contributed by atoms with Crippen LogP contribution in [0.2, 0.25) is 0 Å². The molecule has 1 N–H and O–H groups in total. The lowest BCUT2D eigenvalue weighted by atomic mass is 10.2. The molecule has 2 aromatic rings. The Morgan fingerprint density at radius 3 is 2.15 bits per heavy atom. The van der Waals surface area contributed by atoms with E-state index in [0.29, 0.717) is 6.61 Å². The Kier molecular flexibility index (Phi) is 8.86. The Hall–Kier alpha value is -3.01. The summed E-state index contributed by atoms with van der Waals surface area (Å²) in [5.41, 5.74) is 1.37. The highest BCUT2D eigenvalue weighted by Gasteiger charge is 2.15. The fourth-order valence-electron chi connectivity index (χ4n) is 2.01. The second-order valence-electron chi connectivity index (χ2n) is 6.72. The maximum absolute atomic E-state index is 11.4. The highest BCUT2D eigenvalue weighted by atomic mass is 16.6. The molecule has 0 heterocycles. The first-order chi connectivity index (χ1) is 12.7. The van der Waals surface area contributed by atoms with Gasteiger partial charge in [-0.25, -0.2) is 0 Å². The lowest BCUT2D eigenvalue weighted by molar-refractivity contribution is -0.155. The Bertz CT molecular complexity index is 740. The van der Waals surface area contributed by atoms with Gasteiger partial charge in [0.25, 0.3) is 0 Å². The van der Waals surface area contributed by atoms with Gasteiger partial charge < -0.3 is 14.6 Å². The van der Waals surface area contributed by atoms with Crippen LogP contribution in [0.3, 0.4) is 0 Å². The number of benzene rings is 2. The molecule has 4 heteroatoms. The molecule has 0 spiro atoms. The zero-order chi connectivity index (χ0) is 20.3. The number of phenolic OH excluding ortho intramolecular Hbond substituents is 1. The van der Waals surface area contributed by atoms with Crippen molar-refractivity contribution >= 4 is 18.1 Å². The second kappa shape index (κ2) is 10.9. The predicted molar refractivity (Wildman–Crippen MR) is 111 cm³/mol. The fraction of sp³-hybridized carbons (Fsp3) is 0.261. The van der Waals surface area contributed by atoms with Crippen molar-refractivity contribution < 1.29 is 19.4 Å². The van der Waals surface area contributed by atoms with Crippen LogP contribution in [-0.2, 0) is 9.53 Å². The van der Waals surface area contributed by atoms with Crippen molar-refractivity contribution in [2.75, 3.05) is 6.61 Å². The lowest BCUT2D eigenvalue weighted by Gasteiger charge is -2.19. The average Bonchev–Trinajstić information content (AvgIpc) is 2.62. The summed E-state index contributed by atoms with van der Waals surface area (Å²) >= 11 is 0. The first-order valence-corrected chi connectivity index (χ1v) is 8.72. The van der Waals surface area contributed by atoms with Gasteiger partial charge in [0.15, 0.2) is 0 Å². The molecule has 0 saturated carbocycles. The smallest absolute Gasteiger partial charge is 0.309 e. The molecule has 0 aliphatic rings.